The van der Waals surface area contributed by atoms with Gasteiger partial charge >= 0.3 is 11.9 Å². The molecule has 2 unspecified atom stereocenters. The van der Waals surface area contributed by atoms with E-state index in [1.54, 1.807) is 0 Å². The minimum Gasteiger partial charge on any atom is -0.481 e. The van der Waals surface area contributed by atoms with Crippen molar-refractivity contribution in [3.8, 4) is 0 Å². The number of carbonyl (C=O) groups excluding carboxylic acids is 2. The number of carboxylic acid groups (broad SMARTS) is 2. The average molecular weight is 269 g/mol. The molecule has 1 aliphatic heterocycles. The van der Waals surface area contributed by atoms with E-state index in [1.165, 1.54) is 0 Å². The molecule has 0 bridgehead atoms. The maximum absolute atomic E-state index is 11.8. The number of rotatable bonds is 2. The first-order valence-corrected chi connectivity index (χ1v) is 6.20. The molecule has 2 amide bonds. The van der Waals surface area contributed by atoms with Crippen LogP contribution in [-0.4, -0.2) is 34.0 Å². The first kappa shape index (κ1) is 13.5. The number of piperidine rings is 1. The van der Waals surface area contributed by atoms with Gasteiger partial charge in [0.25, 0.3) is 0 Å². The number of carbonyl (C=O) groups is 4. The topological polar surface area (TPSA) is 121 Å². The van der Waals surface area contributed by atoms with Gasteiger partial charge in [-0.3, -0.25) is 24.5 Å². The molecule has 0 aromatic heterocycles. The lowest BCUT2D eigenvalue weighted by Crippen LogP contribution is -2.63. The number of amides is 2. The highest BCUT2D eigenvalue weighted by molar-refractivity contribution is 6.14. The Hall–Kier alpha value is -1.92. The van der Waals surface area contributed by atoms with Crippen molar-refractivity contribution in [1.29, 1.82) is 0 Å². The molecule has 2 rings (SSSR count). The molecule has 1 aliphatic carbocycles. The van der Waals surface area contributed by atoms with Gasteiger partial charge in [-0.15, -0.1) is 0 Å². The third kappa shape index (κ3) is 1.98. The van der Waals surface area contributed by atoms with Crippen LogP contribution in [0.15, 0.2) is 0 Å². The Balaban J connectivity index is 2.52. The van der Waals surface area contributed by atoms with Crippen molar-refractivity contribution in [2.75, 3.05) is 0 Å². The van der Waals surface area contributed by atoms with Gasteiger partial charge in [-0.2, -0.15) is 0 Å². The van der Waals surface area contributed by atoms with E-state index in [0.29, 0.717) is 12.8 Å². The lowest BCUT2D eigenvalue weighted by atomic mass is 9.57. The first-order chi connectivity index (χ1) is 8.90. The van der Waals surface area contributed by atoms with Crippen LogP contribution in [0.3, 0.4) is 0 Å². The van der Waals surface area contributed by atoms with E-state index in [4.69, 9.17) is 0 Å². The summed E-state index contributed by atoms with van der Waals surface area (Å²) >= 11 is 0. The minimum absolute atomic E-state index is 0.278. The molecule has 2 aliphatic rings. The SMILES string of the molecule is O=C(O)C1C(=O)NC(=O)C(C(=O)O)C12CCCCC2. The molecule has 0 radical (unpaired) electrons. The zero-order valence-corrected chi connectivity index (χ0v) is 10.2. The number of imide groups is 1. The Labute approximate surface area is 109 Å². The maximum atomic E-state index is 11.8. The second-order valence-electron chi connectivity index (χ2n) is 5.19. The molecule has 1 saturated heterocycles. The van der Waals surface area contributed by atoms with E-state index in [9.17, 15) is 29.4 Å². The second-order valence-corrected chi connectivity index (χ2v) is 5.19. The van der Waals surface area contributed by atoms with E-state index >= 15 is 0 Å². The Bertz CT molecular complexity index is 417. The first-order valence-electron chi connectivity index (χ1n) is 6.20. The molecule has 104 valence electrons. The third-order valence-electron chi connectivity index (χ3n) is 4.20. The number of nitrogens with one attached hydrogen (secondary N) is 1. The van der Waals surface area contributed by atoms with Gasteiger partial charge in [0.1, 0.15) is 11.8 Å². The molecular weight excluding hydrogens is 254 g/mol. The molecule has 1 heterocycles. The molecule has 1 spiro atoms. The molecule has 19 heavy (non-hydrogen) atoms. The summed E-state index contributed by atoms with van der Waals surface area (Å²) in [4.78, 5) is 46.3. The van der Waals surface area contributed by atoms with E-state index in [0.717, 1.165) is 6.42 Å². The van der Waals surface area contributed by atoms with E-state index in [2.05, 4.69) is 0 Å². The predicted molar refractivity (Wildman–Crippen MR) is 60.9 cm³/mol. The fourth-order valence-corrected chi connectivity index (χ4v) is 3.46. The van der Waals surface area contributed by atoms with E-state index in [1.807, 2.05) is 5.32 Å². The van der Waals surface area contributed by atoms with Gasteiger partial charge in [-0.05, 0) is 12.8 Å². The summed E-state index contributed by atoms with van der Waals surface area (Å²) < 4.78 is 0. The van der Waals surface area contributed by atoms with Crippen LogP contribution in [0.2, 0.25) is 0 Å². The fraction of sp³-hybridized carbons (Fsp3) is 0.667. The molecule has 2 atom stereocenters. The normalized spacial score (nSPS) is 29.9. The highest BCUT2D eigenvalue weighted by Crippen LogP contribution is 2.50. The summed E-state index contributed by atoms with van der Waals surface area (Å²) in [5, 5.41) is 20.4. The van der Waals surface area contributed by atoms with Crippen molar-refractivity contribution >= 4 is 23.8 Å². The summed E-state index contributed by atoms with van der Waals surface area (Å²) in [6.45, 7) is 0. The minimum atomic E-state index is -1.47. The third-order valence-corrected chi connectivity index (χ3v) is 4.20. The van der Waals surface area contributed by atoms with Gasteiger partial charge in [0.15, 0.2) is 0 Å². The zero-order valence-electron chi connectivity index (χ0n) is 10.2. The Kier molecular flexibility index (Phi) is 3.30. The van der Waals surface area contributed by atoms with Crippen LogP contribution in [0.4, 0.5) is 0 Å². The summed E-state index contributed by atoms with van der Waals surface area (Å²) in [5.74, 6) is -7.44. The molecule has 0 aromatic rings. The lowest BCUT2D eigenvalue weighted by molar-refractivity contribution is -0.172. The molecule has 1 saturated carbocycles. The smallest absolute Gasteiger partial charge is 0.316 e. The molecule has 3 N–H and O–H groups in total. The maximum Gasteiger partial charge on any atom is 0.316 e. The summed E-state index contributed by atoms with van der Waals surface area (Å²) in [6, 6.07) is 0. The van der Waals surface area contributed by atoms with E-state index in [-0.39, 0.29) is 12.8 Å². The monoisotopic (exact) mass is 269 g/mol. The van der Waals surface area contributed by atoms with Gasteiger partial charge < -0.3 is 10.2 Å². The number of hydrogen-bond acceptors (Lipinski definition) is 4. The average Bonchev–Trinajstić information content (AvgIpc) is 2.27. The summed E-state index contributed by atoms with van der Waals surface area (Å²) in [6.07, 6.45) is 2.68. The number of carboxylic acids is 2. The van der Waals surface area contributed by atoms with Crippen LogP contribution < -0.4 is 5.32 Å². The van der Waals surface area contributed by atoms with Crippen LogP contribution in [-0.2, 0) is 19.2 Å². The predicted octanol–water partition coefficient (Wildman–Crippen LogP) is -0.00510. The van der Waals surface area contributed by atoms with E-state index < -0.39 is 41.0 Å². The Morgan fingerprint density at radius 1 is 0.947 bits per heavy atom. The fourth-order valence-electron chi connectivity index (χ4n) is 3.46. The zero-order chi connectivity index (χ0) is 14.2. The summed E-state index contributed by atoms with van der Waals surface area (Å²) in [5.41, 5.74) is -1.28. The van der Waals surface area contributed by atoms with Crippen molar-refractivity contribution in [2.24, 2.45) is 17.3 Å². The van der Waals surface area contributed by atoms with Gasteiger partial charge in [0.2, 0.25) is 11.8 Å². The molecule has 0 aromatic carbocycles. The molecule has 7 nitrogen and oxygen atoms in total. The van der Waals surface area contributed by atoms with Crippen LogP contribution in [0.5, 0.6) is 0 Å². The van der Waals surface area contributed by atoms with Crippen LogP contribution in [0.1, 0.15) is 32.1 Å². The number of aliphatic carboxylic acids is 2. The summed E-state index contributed by atoms with van der Waals surface area (Å²) in [7, 11) is 0. The van der Waals surface area contributed by atoms with Crippen molar-refractivity contribution in [3.63, 3.8) is 0 Å². The van der Waals surface area contributed by atoms with Crippen LogP contribution >= 0.6 is 0 Å². The van der Waals surface area contributed by atoms with Crippen LogP contribution in [0.25, 0.3) is 0 Å². The molecular formula is C12H15NO6. The number of hydrogen-bond donors (Lipinski definition) is 3. The Morgan fingerprint density at radius 3 is 1.74 bits per heavy atom. The standard InChI is InChI=1S/C12H15NO6/c14-8-6(10(16)17)12(4-2-1-3-5-12)7(11(18)19)9(15)13-8/h6-7H,1-5H2,(H,16,17)(H,18,19)(H,13,14,15). The van der Waals surface area contributed by atoms with Crippen molar-refractivity contribution < 1.29 is 29.4 Å². The van der Waals surface area contributed by atoms with Gasteiger partial charge in [-0.1, -0.05) is 19.3 Å². The van der Waals surface area contributed by atoms with Gasteiger partial charge in [0.05, 0.1) is 0 Å². The van der Waals surface area contributed by atoms with Crippen molar-refractivity contribution in [2.45, 2.75) is 32.1 Å². The van der Waals surface area contributed by atoms with Gasteiger partial charge in [0, 0.05) is 5.41 Å². The van der Waals surface area contributed by atoms with Crippen molar-refractivity contribution in [1.82, 2.24) is 5.32 Å². The second kappa shape index (κ2) is 4.64. The highest BCUT2D eigenvalue weighted by atomic mass is 16.4. The van der Waals surface area contributed by atoms with Crippen LogP contribution in [0, 0.1) is 17.3 Å². The lowest BCUT2D eigenvalue weighted by Gasteiger charge is -2.46. The van der Waals surface area contributed by atoms with Gasteiger partial charge in [-0.25, -0.2) is 0 Å². The quantitative estimate of drug-likeness (QED) is 0.479. The molecule has 7 heteroatoms. The molecule has 2 fully saturated rings. The largest absolute Gasteiger partial charge is 0.481 e. The van der Waals surface area contributed by atoms with Crippen molar-refractivity contribution in [3.05, 3.63) is 0 Å². The highest BCUT2D eigenvalue weighted by Gasteiger charge is 2.61. The Morgan fingerprint density at radius 2 is 1.37 bits per heavy atom.